The first-order valence-electron chi connectivity index (χ1n) is 4.83. The third-order valence-electron chi connectivity index (χ3n) is 2.04. The van der Waals surface area contributed by atoms with Crippen LogP contribution in [-0.4, -0.2) is 10.3 Å². The summed E-state index contributed by atoms with van der Waals surface area (Å²) >= 11 is 1.44. The summed E-state index contributed by atoms with van der Waals surface area (Å²) in [7, 11) is 0. The fourth-order valence-corrected chi connectivity index (χ4v) is 2.09. The molecule has 0 bridgehead atoms. The Morgan fingerprint density at radius 3 is 2.62 bits per heavy atom. The number of rotatable bonds is 3. The van der Waals surface area contributed by atoms with E-state index < -0.39 is 0 Å². The lowest BCUT2D eigenvalue weighted by Crippen LogP contribution is -1.94. The Morgan fingerprint density at radius 1 is 1.19 bits per heavy atom. The highest BCUT2D eigenvalue weighted by molar-refractivity contribution is 8.13. The van der Waals surface area contributed by atoms with E-state index in [-0.39, 0.29) is 0 Å². The molecule has 0 amide bonds. The molecule has 1 N–H and O–H groups in total. The van der Waals surface area contributed by atoms with Gasteiger partial charge in [0.05, 0.1) is 6.26 Å². The number of furan rings is 1. The molecular weight excluding hydrogens is 222 g/mol. The molecule has 16 heavy (non-hydrogen) atoms. The molecule has 0 radical (unpaired) electrons. The van der Waals surface area contributed by atoms with Gasteiger partial charge < -0.3 is 9.62 Å². The van der Waals surface area contributed by atoms with Gasteiger partial charge >= 0.3 is 0 Å². The standard InChI is InChI=1S/C12H11NO2S/c14-13-12(11-7-4-8-15-11)16-9-10-5-2-1-3-6-10/h1-8,14H,9H2/b13-12+. The summed E-state index contributed by atoms with van der Waals surface area (Å²) in [5.41, 5.74) is 1.18. The fraction of sp³-hybridized carbons (Fsp3) is 0.0833. The Morgan fingerprint density at radius 2 is 2.00 bits per heavy atom. The van der Waals surface area contributed by atoms with E-state index in [0.29, 0.717) is 10.8 Å². The molecule has 1 heterocycles. The van der Waals surface area contributed by atoms with Gasteiger partial charge in [-0.3, -0.25) is 0 Å². The number of hydrogen-bond acceptors (Lipinski definition) is 4. The van der Waals surface area contributed by atoms with Gasteiger partial charge in [-0.25, -0.2) is 0 Å². The Balaban J connectivity index is 2.00. The van der Waals surface area contributed by atoms with Gasteiger partial charge in [-0.1, -0.05) is 47.2 Å². The van der Waals surface area contributed by atoms with Crippen LogP contribution in [0.25, 0.3) is 0 Å². The van der Waals surface area contributed by atoms with Crippen LogP contribution in [0.1, 0.15) is 11.3 Å². The largest absolute Gasteiger partial charge is 0.462 e. The average molecular weight is 233 g/mol. The van der Waals surface area contributed by atoms with Crippen LogP contribution in [-0.2, 0) is 5.75 Å². The highest BCUT2D eigenvalue weighted by Crippen LogP contribution is 2.18. The van der Waals surface area contributed by atoms with Crippen molar-refractivity contribution < 1.29 is 9.62 Å². The molecule has 0 saturated carbocycles. The second kappa shape index (κ2) is 5.42. The van der Waals surface area contributed by atoms with Crippen LogP contribution in [0.5, 0.6) is 0 Å². The molecule has 0 unspecified atom stereocenters. The lowest BCUT2D eigenvalue weighted by molar-refractivity contribution is 0.320. The second-order valence-corrected chi connectivity index (χ2v) is 4.12. The molecule has 1 aromatic carbocycles. The van der Waals surface area contributed by atoms with Gasteiger partial charge in [0, 0.05) is 5.75 Å². The van der Waals surface area contributed by atoms with E-state index in [1.165, 1.54) is 17.3 Å². The van der Waals surface area contributed by atoms with E-state index in [2.05, 4.69) is 5.16 Å². The average Bonchev–Trinajstić information content (AvgIpc) is 2.85. The third kappa shape index (κ3) is 2.67. The highest BCUT2D eigenvalue weighted by atomic mass is 32.2. The summed E-state index contributed by atoms with van der Waals surface area (Å²) < 4.78 is 5.16. The van der Waals surface area contributed by atoms with Gasteiger partial charge in [0.1, 0.15) is 0 Å². The zero-order valence-corrected chi connectivity index (χ0v) is 9.35. The van der Waals surface area contributed by atoms with Crippen molar-refractivity contribution in [2.45, 2.75) is 5.75 Å². The Labute approximate surface area is 97.8 Å². The van der Waals surface area contributed by atoms with Gasteiger partial charge in [-0.15, -0.1) is 0 Å². The summed E-state index contributed by atoms with van der Waals surface area (Å²) in [5.74, 6) is 1.34. The first-order valence-corrected chi connectivity index (χ1v) is 5.81. The summed E-state index contributed by atoms with van der Waals surface area (Å²) in [6, 6.07) is 13.5. The van der Waals surface area contributed by atoms with Gasteiger partial charge in [-0.05, 0) is 17.7 Å². The minimum atomic E-state index is 0.494. The van der Waals surface area contributed by atoms with Crippen molar-refractivity contribution in [2.75, 3.05) is 0 Å². The van der Waals surface area contributed by atoms with Gasteiger partial charge in [0.15, 0.2) is 10.8 Å². The van der Waals surface area contributed by atoms with Crippen LogP contribution in [0.15, 0.2) is 58.3 Å². The number of benzene rings is 1. The topological polar surface area (TPSA) is 45.7 Å². The van der Waals surface area contributed by atoms with E-state index in [4.69, 9.17) is 9.62 Å². The van der Waals surface area contributed by atoms with Crippen molar-refractivity contribution >= 4 is 16.8 Å². The van der Waals surface area contributed by atoms with Gasteiger partial charge in [-0.2, -0.15) is 0 Å². The summed E-state index contributed by atoms with van der Waals surface area (Å²) in [6.07, 6.45) is 1.56. The minimum Gasteiger partial charge on any atom is -0.462 e. The number of thioether (sulfide) groups is 1. The summed E-state index contributed by atoms with van der Waals surface area (Å²) in [4.78, 5) is 0. The van der Waals surface area contributed by atoms with Crippen molar-refractivity contribution in [2.24, 2.45) is 5.16 Å². The number of nitrogens with zero attached hydrogens (tertiary/aromatic N) is 1. The maximum absolute atomic E-state index is 8.88. The first kappa shape index (κ1) is 10.8. The van der Waals surface area contributed by atoms with Gasteiger partial charge in [0.2, 0.25) is 0 Å². The highest BCUT2D eigenvalue weighted by Gasteiger charge is 2.08. The summed E-state index contributed by atoms with van der Waals surface area (Å²) in [6.45, 7) is 0. The molecule has 2 aromatic rings. The van der Waals surface area contributed by atoms with E-state index in [0.717, 1.165) is 5.75 Å². The molecule has 3 nitrogen and oxygen atoms in total. The van der Waals surface area contributed by atoms with Crippen molar-refractivity contribution in [3.63, 3.8) is 0 Å². The molecule has 0 saturated heterocycles. The zero-order chi connectivity index (χ0) is 11.2. The zero-order valence-electron chi connectivity index (χ0n) is 8.54. The molecule has 0 spiro atoms. The normalized spacial score (nSPS) is 11.6. The quantitative estimate of drug-likeness (QED) is 0.383. The van der Waals surface area contributed by atoms with Crippen molar-refractivity contribution in [3.05, 3.63) is 60.1 Å². The molecule has 0 aliphatic heterocycles. The third-order valence-corrected chi connectivity index (χ3v) is 3.08. The smallest absolute Gasteiger partial charge is 0.178 e. The van der Waals surface area contributed by atoms with Crippen LogP contribution in [0.4, 0.5) is 0 Å². The van der Waals surface area contributed by atoms with E-state index in [1.54, 1.807) is 18.4 Å². The first-order chi connectivity index (χ1) is 7.90. The lowest BCUT2D eigenvalue weighted by Gasteiger charge is -2.01. The molecule has 2 rings (SSSR count). The van der Waals surface area contributed by atoms with Crippen molar-refractivity contribution in [1.29, 1.82) is 0 Å². The predicted octanol–water partition coefficient (Wildman–Crippen LogP) is 3.35. The number of hydrogen-bond donors (Lipinski definition) is 1. The molecule has 0 aliphatic rings. The Hall–Kier alpha value is -1.68. The Bertz CT molecular complexity index is 451. The molecule has 0 atom stereocenters. The predicted molar refractivity (Wildman–Crippen MR) is 64.8 cm³/mol. The van der Waals surface area contributed by atoms with E-state index >= 15 is 0 Å². The van der Waals surface area contributed by atoms with Crippen LogP contribution in [0, 0.1) is 0 Å². The van der Waals surface area contributed by atoms with Crippen LogP contribution >= 0.6 is 11.8 Å². The maximum atomic E-state index is 8.88. The molecule has 4 heteroatoms. The SMILES string of the molecule is O/N=C(/SCc1ccccc1)c1ccco1. The Kier molecular flexibility index (Phi) is 3.66. The lowest BCUT2D eigenvalue weighted by atomic mass is 10.2. The van der Waals surface area contributed by atoms with Crippen LogP contribution in [0.3, 0.4) is 0 Å². The number of oxime groups is 1. The van der Waals surface area contributed by atoms with Gasteiger partial charge in [0.25, 0.3) is 0 Å². The van der Waals surface area contributed by atoms with Crippen LogP contribution in [0.2, 0.25) is 0 Å². The molecule has 82 valence electrons. The molecule has 0 aliphatic carbocycles. The minimum absolute atomic E-state index is 0.494. The van der Waals surface area contributed by atoms with Crippen molar-refractivity contribution in [3.8, 4) is 0 Å². The molecule has 0 fully saturated rings. The second-order valence-electron chi connectivity index (χ2n) is 3.16. The van der Waals surface area contributed by atoms with E-state index in [1.807, 2.05) is 30.3 Å². The molecule has 1 aromatic heterocycles. The summed E-state index contributed by atoms with van der Waals surface area (Å²) in [5, 5.41) is 12.6. The molecular formula is C12H11NO2S. The fourth-order valence-electron chi connectivity index (χ4n) is 1.28. The van der Waals surface area contributed by atoms with Crippen LogP contribution < -0.4 is 0 Å². The monoisotopic (exact) mass is 233 g/mol. The van der Waals surface area contributed by atoms with Crippen molar-refractivity contribution in [1.82, 2.24) is 0 Å². The maximum Gasteiger partial charge on any atom is 0.178 e. The van der Waals surface area contributed by atoms with E-state index in [9.17, 15) is 0 Å².